The molecule has 2 N–H and O–H groups in total. The van der Waals surface area contributed by atoms with Crippen LogP contribution in [0.5, 0.6) is 11.5 Å². The maximum absolute atomic E-state index is 13.4. The lowest BCUT2D eigenvalue weighted by Gasteiger charge is -2.23. The first-order chi connectivity index (χ1) is 13.1. The average molecular weight is 368 g/mol. The lowest BCUT2D eigenvalue weighted by molar-refractivity contribution is -0.123. The smallest absolute Gasteiger partial charge is 0.258 e. The molecule has 27 heavy (non-hydrogen) atoms. The number of para-hydroxylation sites is 2. The molecule has 6 heteroatoms. The Morgan fingerprint density at radius 1 is 1.26 bits per heavy atom. The van der Waals surface area contributed by atoms with Crippen molar-refractivity contribution in [2.75, 3.05) is 13.7 Å². The predicted molar refractivity (Wildman–Crippen MR) is 101 cm³/mol. The highest BCUT2D eigenvalue weighted by atomic mass is 19.1. The highest BCUT2D eigenvalue weighted by molar-refractivity contribution is 5.85. The second kappa shape index (κ2) is 7.31. The zero-order valence-electron chi connectivity index (χ0n) is 15.0. The van der Waals surface area contributed by atoms with Crippen LogP contribution >= 0.6 is 0 Å². The fourth-order valence-corrected chi connectivity index (χ4v) is 3.67. The molecule has 0 radical (unpaired) electrons. The van der Waals surface area contributed by atoms with Crippen molar-refractivity contribution in [3.8, 4) is 11.5 Å². The van der Waals surface area contributed by atoms with Crippen molar-refractivity contribution < 1.29 is 18.7 Å². The van der Waals surface area contributed by atoms with Gasteiger partial charge in [-0.05, 0) is 55.2 Å². The highest BCUT2D eigenvalue weighted by Gasteiger charge is 2.24. The molecule has 1 aliphatic carbocycles. The Labute approximate surface area is 156 Å². The molecule has 0 bridgehead atoms. The standard InChI is InChI=1S/C21H21FN2O3/c1-26-19-4-2-3-5-20(19)27-12-21(25)23-14-7-9-17-16(11-14)15-8-6-13(22)10-18(15)24-17/h2-6,8,10,14,24H,7,9,11-12H2,1H3,(H,23,25). The molecule has 0 aliphatic heterocycles. The number of benzene rings is 2. The van der Waals surface area contributed by atoms with Gasteiger partial charge in [-0.25, -0.2) is 4.39 Å². The third-order valence-electron chi connectivity index (χ3n) is 4.94. The van der Waals surface area contributed by atoms with Crippen molar-refractivity contribution in [3.63, 3.8) is 0 Å². The molecule has 140 valence electrons. The van der Waals surface area contributed by atoms with Gasteiger partial charge in [-0.3, -0.25) is 4.79 Å². The number of nitrogens with one attached hydrogen (secondary N) is 2. The molecular formula is C21H21FN2O3. The molecule has 0 spiro atoms. The summed E-state index contributed by atoms with van der Waals surface area (Å²) in [6.07, 6.45) is 2.38. The molecule has 1 aliphatic rings. The molecular weight excluding hydrogens is 347 g/mol. The number of rotatable bonds is 5. The van der Waals surface area contributed by atoms with Gasteiger partial charge in [0.1, 0.15) is 5.82 Å². The van der Waals surface area contributed by atoms with Crippen molar-refractivity contribution >= 4 is 16.8 Å². The van der Waals surface area contributed by atoms with Crippen LogP contribution in [0.15, 0.2) is 42.5 Å². The van der Waals surface area contributed by atoms with Gasteiger partial charge in [-0.2, -0.15) is 0 Å². The first-order valence-corrected chi connectivity index (χ1v) is 8.98. The van der Waals surface area contributed by atoms with E-state index in [9.17, 15) is 9.18 Å². The maximum Gasteiger partial charge on any atom is 0.258 e. The molecule has 4 rings (SSSR count). The Bertz CT molecular complexity index is 983. The minimum atomic E-state index is -0.251. The van der Waals surface area contributed by atoms with Crippen LogP contribution in [0, 0.1) is 5.82 Å². The van der Waals surface area contributed by atoms with Crippen LogP contribution in [-0.4, -0.2) is 30.6 Å². The van der Waals surface area contributed by atoms with Gasteiger partial charge in [0, 0.05) is 22.6 Å². The number of hydrogen-bond acceptors (Lipinski definition) is 3. The SMILES string of the molecule is COc1ccccc1OCC(=O)NC1CCc2[nH]c3cc(F)ccc3c2C1. The molecule has 0 fully saturated rings. The van der Waals surface area contributed by atoms with E-state index in [1.807, 2.05) is 12.1 Å². The number of aryl methyl sites for hydroxylation is 1. The van der Waals surface area contributed by atoms with Gasteiger partial charge in [0.05, 0.1) is 7.11 Å². The lowest BCUT2D eigenvalue weighted by atomic mass is 9.91. The van der Waals surface area contributed by atoms with E-state index in [0.717, 1.165) is 41.4 Å². The number of aromatic amines is 1. The van der Waals surface area contributed by atoms with E-state index in [-0.39, 0.29) is 24.4 Å². The Morgan fingerprint density at radius 3 is 2.89 bits per heavy atom. The normalized spacial score (nSPS) is 16.0. The molecule has 1 amide bonds. The first-order valence-electron chi connectivity index (χ1n) is 8.98. The topological polar surface area (TPSA) is 63.4 Å². The van der Waals surface area contributed by atoms with E-state index in [2.05, 4.69) is 10.3 Å². The predicted octanol–water partition coefficient (Wildman–Crippen LogP) is 3.37. The quantitative estimate of drug-likeness (QED) is 0.726. The number of amides is 1. The number of carbonyl (C=O) groups is 1. The van der Waals surface area contributed by atoms with Gasteiger partial charge in [0.2, 0.25) is 0 Å². The van der Waals surface area contributed by atoms with E-state index in [1.165, 1.54) is 12.1 Å². The van der Waals surface area contributed by atoms with E-state index >= 15 is 0 Å². The van der Waals surface area contributed by atoms with Gasteiger partial charge >= 0.3 is 0 Å². The summed E-state index contributed by atoms with van der Waals surface area (Å²) in [5.41, 5.74) is 3.10. The van der Waals surface area contributed by atoms with Gasteiger partial charge in [-0.15, -0.1) is 0 Å². The van der Waals surface area contributed by atoms with Crippen LogP contribution in [0.1, 0.15) is 17.7 Å². The zero-order chi connectivity index (χ0) is 18.8. The van der Waals surface area contributed by atoms with E-state index in [0.29, 0.717) is 11.5 Å². The Hall–Kier alpha value is -3.02. The monoisotopic (exact) mass is 368 g/mol. The Morgan fingerprint density at radius 2 is 2.07 bits per heavy atom. The van der Waals surface area contributed by atoms with Crippen LogP contribution in [0.2, 0.25) is 0 Å². The number of ether oxygens (including phenoxy) is 2. The van der Waals surface area contributed by atoms with Crippen LogP contribution in [-0.2, 0) is 17.6 Å². The van der Waals surface area contributed by atoms with Crippen molar-refractivity contribution in [2.24, 2.45) is 0 Å². The fraction of sp³-hybridized carbons (Fsp3) is 0.286. The summed E-state index contributed by atoms with van der Waals surface area (Å²) in [6, 6.07) is 12.1. The van der Waals surface area contributed by atoms with Crippen LogP contribution < -0.4 is 14.8 Å². The van der Waals surface area contributed by atoms with E-state index < -0.39 is 0 Å². The number of carbonyl (C=O) groups excluding carboxylic acids is 1. The zero-order valence-corrected chi connectivity index (χ0v) is 15.0. The fourth-order valence-electron chi connectivity index (χ4n) is 3.67. The maximum atomic E-state index is 13.4. The molecule has 1 aromatic heterocycles. The van der Waals surface area contributed by atoms with Gasteiger partial charge < -0.3 is 19.8 Å². The van der Waals surface area contributed by atoms with Crippen molar-refractivity contribution in [1.82, 2.24) is 10.3 Å². The third kappa shape index (κ3) is 3.60. The summed E-state index contributed by atoms with van der Waals surface area (Å²) >= 11 is 0. The van der Waals surface area contributed by atoms with E-state index in [1.54, 1.807) is 25.3 Å². The summed E-state index contributed by atoms with van der Waals surface area (Å²) in [5.74, 6) is 0.720. The summed E-state index contributed by atoms with van der Waals surface area (Å²) in [6.45, 7) is -0.0666. The summed E-state index contributed by atoms with van der Waals surface area (Å²) < 4.78 is 24.2. The molecule has 0 saturated carbocycles. The second-order valence-electron chi connectivity index (χ2n) is 6.72. The second-order valence-corrected chi connectivity index (χ2v) is 6.72. The highest BCUT2D eigenvalue weighted by Crippen LogP contribution is 2.30. The van der Waals surface area contributed by atoms with Gasteiger partial charge in [0.25, 0.3) is 5.91 Å². The first kappa shape index (κ1) is 17.4. The molecule has 1 heterocycles. The number of fused-ring (bicyclic) bond motifs is 3. The molecule has 0 saturated heterocycles. The van der Waals surface area contributed by atoms with Crippen LogP contribution in [0.3, 0.4) is 0 Å². The minimum absolute atomic E-state index is 0.0373. The third-order valence-corrected chi connectivity index (χ3v) is 4.94. The minimum Gasteiger partial charge on any atom is -0.493 e. The van der Waals surface area contributed by atoms with Crippen molar-refractivity contribution in [2.45, 2.75) is 25.3 Å². The molecule has 1 atom stereocenters. The van der Waals surface area contributed by atoms with Crippen molar-refractivity contribution in [1.29, 1.82) is 0 Å². The van der Waals surface area contributed by atoms with Crippen LogP contribution in [0.25, 0.3) is 10.9 Å². The van der Waals surface area contributed by atoms with Gasteiger partial charge in [-0.1, -0.05) is 12.1 Å². The lowest BCUT2D eigenvalue weighted by Crippen LogP contribution is -2.41. The molecule has 5 nitrogen and oxygen atoms in total. The number of aromatic nitrogens is 1. The summed E-state index contributed by atoms with van der Waals surface area (Å²) in [4.78, 5) is 15.6. The number of hydrogen-bond donors (Lipinski definition) is 2. The molecule has 3 aromatic rings. The number of methoxy groups -OCH3 is 1. The average Bonchev–Trinajstić information content (AvgIpc) is 3.03. The molecule has 2 aromatic carbocycles. The number of halogens is 1. The van der Waals surface area contributed by atoms with E-state index in [4.69, 9.17) is 9.47 Å². The van der Waals surface area contributed by atoms with Gasteiger partial charge in [0.15, 0.2) is 18.1 Å². The Balaban J connectivity index is 1.39. The number of H-pyrrole nitrogens is 1. The Kier molecular flexibility index (Phi) is 4.71. The largest absolute Gasteiger partial charge is 0.493 e. The van der Waals surface area contributed by atoms with Crippen LogP contribution in [0.4, 0.5) is 4.39 Å². The summed E-state index contributed by atoms with van der Waals surface area (Å²) in [7, 11) is 1.56. The molecule has 1 unspecified atom stereocenters. The van der Waals surface area contributed by atoms with Crippen molar-refractivity contribution in [3.05, 3.63) is 59.5 Å². The summed E-state index contributed by atoms with van der Waals surface area (Å²) in [5, 5.41) is 4.06.